The van der Waals surface area contributed by atoms with E-state index in [9.17, 15) is 0 Å². The first-order valence-corrected chi connectivity index (χ1v) is 5.57. The van der Waals surface area contributed by atoms with Crippen LogP contribution in [-0.4, -0.2) is 36.1 Å². The molecule has 0 fully saturated rings. The molecule has 0 aliphatic heterocycles. The van der Waals surface area contributed by atoms with Crippen molar-refractivity contribution in [3.8, 4) is 0 Å². The lowest BCUT2D eigenvalue weighted by Gasteiger charge is -2.11. The molecule has 0 heterocycles. The molecule has 0 bridgehead atoms. The van der Waals surface area contributed by atoms with Crippen LogP contribution >= 0.6 is 0 Å². The molecule has 0 spiro atoms. The molecule has 86 valence electrons. The average molecular weight is 204 g/mol. The molecule has 0 amide bonds. The standard InChI is InChI=1S/C11H24O3/c1-3-5-10(2)6-4-7-14-9-11(13)8-12/h10-13H,3-9H2,1-2H3. The lowest BCUT2D eigenvalue weighted by molar-refractivity contribution is 0.00469. The third kappa shape index (κ3) is 8.48. The quantitative estimate of drug-likeness (QED) is 0.561. The van der Waals surface area contributed by atoms with Crippen LogP contribution in [0.2, 0.25) is 0 Å². The fraction of sp³-hybridized carbons (Fsp3) is 1.00. The molecule has 0 rings (SSSR count). The molecule has 2 N–H and O–H groups in total. The van der Waals surface area contributed by atoms with E-state index in [-0.39, 0.29) is 13.2 Å². The SMILES string of the molecule is CCCC(C)CCCOCC(O)CO. The molecule has 3 nitrogen and oxygen atoms in total. The number of ether oxygens (including phenoxy) is 1. The Kier molecular flexibility index (Phi) is 9.35. The van der Waals surface area contributed by atoms with E-state index in [0.29, 0.717) is 6.61 Å². The monoisotopic (exact) mass is 204 g/mol. The summed E-state index contributed by atoms with van der Waals surface area (Å²) in [5.41, 5.74) is 0. The van der Waals surface area contributed by atoms with Crippen LogP contribution in [0, 0.1) is 5.92 Å². The van der Waals surface area contributed by atoms with Crippen LogP contribution in [-0.2, 0) is 4.74 Å². The maximum Gasteiger partial charge on any atom is 0.100 e. The third-order valence-electron chi connectivity index (χ3n) is 2.29. The van der Waals surface area contributed by atoms with Gasteiger partial charge >= 0.3 is 0 Å². The van der Waals surface area contributed by atoms with Gasteiger partial charge in [0.2, 0.25) is 0 Å². The molecule has 0 aromatic heterocycles. The first-order chi connectivity index (χ1) is 6.70. The highest BCUT2D eigenvalue weighted by molar-refractivity contribution is 4.53. The van der Waals surface area contributed by atoms with Crippen LogP contribution in [0.1, 0.15) is 39.5 Å². The summed E-state index contributed by atoms with van der Waals surface area (Å²) in [6.45, 7) is 5.17. The zero-order chi connectivity index (χ0) is 10.8. The van der Waals surface area contributed by atoms with Crippen LogP contribution < -0.4 is 0 Å². The van der Waals surface area contributed by atoms with Gasteiger partial charge in [-0.1, -0.05) is 26.7 Å². The molecule has 0 saturated carbocycles. The minimum Gasteiger partial charge on any atom is -0.394 e. The van der Waals surface area contributed by atoms with Crippen molar-refractivity contribution in [1.82, 2.24) is 0 Å². The van der Waals surface area contributed by atoms with Gasteiger partial charge in [-0.25, -0.2) is 0 Å². The smallest absolute Gasteiger partial charge is 0.100 e. The van der Waals surface area contributed by atoms with Gasteiger partial charge in [0.15, 0.2) is 0 Å². The molecule has 0 aliphatic carbocycles. The zero-order valence-electron chi connectivity index (χ0n) is 9.41. The molecule has 0 saturated heterocycles. The van der Waals surface area contributed by atoms with Crippen LogP contribution in [0.25, 0.3) is 0 Å². The zero-order valence-corrected chi connectivity index (χ0v) is 9.41. The average Bonchev–Trinajstić information content (AvgIpc) is 2.17. The maximum atomic E-state index is 8.98. The molecule has 0 aromatic carbocycles. The Morgan fingerprint density at radius 2 is 2.00 bits per heavy atom. The summed E-state index contributed by atoms with van der Waals surface area (Å²) in [4.78, 5) is 0. The Morgan fingerprint density at radius 3 is 2.57 bits per heavy atom. The fourth-order valence-corrected chi connectivity index (χ4v) is 1.44. The Hall–Kier alpha value is -0.120. The Balaban J connectivity index is 3.13. The Labute approximate surface area is 87.1 Å². The van der Waals surface area contributed by atoms with E-state index in [1.807, 2.05) is 0 Å². The number of hydrogen-bond acceptors (Lipinski definition) is 3. The predicted molar refractivity (Wildman–Crippen MR) is 57.2 cm³/mol. The maximum absolute atomic E-state index is 8.98. The Morgan fingerprint density at radius 1 is 1.29 bits per heavy atom. The van der Waals surface area contributed by atoms with E-state index < -0.39 is 6.10 Å². The van der Waals surface area contributed by atoms with Crippen molar-refractivity contribution in [1.29, 1.82) is 0 Å². The first-order valence-electron chi connectivity index (χ1n) is 5.57. The van der Waals surface area contributed by atoms with Crippen LogP contribution in [0.5, 0.6) is 0 Å². The summed E-state index contributed by atoms with van der Waals surface area (Å²) in [7, 11) is 0. The van der Waals surface area contributed by atoms with E-state index in [1.54, 1.807) is 0 Å². The van der Waals surface area contributed by atoms with E-state index in [0.717, 1.165) is 12.3 Å². The van der Waals surface area contributed by atoms with E-state index in [1.165, 1.54) is 19.3 Å². The summed E-state index contributed by atoms with van der Waals surface area (Å²) in [5.74, 6) is 0.770. The predicted octanol–water partition coefficient (Wildman–Crippen LogP) is 1.57. The number of aliphatic hydroxyl groups is 2. The normalized spacial score (nSPS) is 15.4. The molecule has 2 unspecified atom stereocenters. The highest BCUT2D eigenvalue weighted by Gasteiger charge is 2.02. The molecule has 0 radical (unpaired) electrons. The second-order valence-corrected chi connectivity index (χ2v) is 3.95. The van der Waals surface area contributed by atoms with E-state index in [2.05, 4.69) is 13.8 Å². The lowest BCUT2D eigenvalue weighted by atomic mass is 10.0. The molecule has 14 heavy (non-hydrogen) atoms. The van der Waals surface area contributed by atoms with Crippen LogP contribution in [0.15, 0.2) is 0 Å². The van der Waals surface area contributed by atoms with Gasteiger partial charge in [0.05, 0.1) is 13.2 Å². The highest BCUT2D eigenvalue weighted by Crippen LogP contribution is 2.11. The van der Waals surface area contributed by atoms with Crippen molar-refractivity contribution in [2.24, 2.45) is 5.92 Å². The summed E-state index contributed by atoms with van der Waals surface area (Å²) in [6.07, 6.45) is 4.02. The molecule has 0 aromatic rings. The molecular formula is C11H24O3. The second kappa shape index (κ2) is 9.44. The summed E-state index contributed by atoms with van der Waals surface area (Å²) >= 11 is 0. The molecule has 0 aliphatic rings. The van der Waals surface area contributed by atoms with Gasteiger partial charge < -0.3 is 14.9 Å². The number of aliphatic hydroxyl groups excluding tert-OH is 2. The van der Waals surface area contributed by atoms with Crippen molar-refractivity contribution in [3.63, 3.8) is 0 Å². The number of rotatable bonds is 9. The van der Waals surface area contributed by atoms with Crippen molar-refractivity contribution in [2.75, 3.05) is 19.8 Å². The van der Waals surface area contributed by atoms with Gasteiger partial charge in [0, 0.05) is 6.61 Å². The Bertz CT molecular complexity index is 117. The van der Waals surface area contributed by atoms with Gasteiger partial charge in [-0.2, -0.15) is 0 Å². The van der Waals surface area contributed by atoms with Crippen molar-refractivity contribution in [3.05, 3.63) is 0 Å². The van der Waals surface area contributed by atoms with E-state index in [4.69, 9.17) is 14.9 Å². The topological polar surface area (TPSA) is 49.7 Å². The van der Waals surface area contributed by atoms with Gasteiger partial charge in [0.1, 0.15) is 6.10 Å². The van der Waals surface area contributed by atoms with Crippen molar-refractivity contribution < 1.29 is 14.9 Å². The molecule has 2 atom stereocenters. The number of hydrogen-bond donors (Lipinski definition) is 2. The minimum atomic E-state index is -0.719. The van der Waals surface area contributed by atoms with Gasteiger partial charge in [-0.05, 0) is 18.8 Å². The summed E-state index contributed by atoms with van der Waals surface area (Å²) in [5, 5.41) is 17.5. The van der Waals surface area contributed by atoms with Crippen molar-refractivity contribution >= 4 is 0 Å². The van der Waals surface area contributed by atoms with Gasteiger partial charge in [-0.3, -0.25) is 0 Å². The molecule has 3 heteroatoms. The summed E-state index contributed by atoms with van der Waals surface area (Å²) < 4.78 is 5.20. The lowest BCUT2D eigenvalue weighted by Crippen LogP contribution is -2.19. The molecular weight excluding hydrogens is 180 g/mol. The van der Waals surface area contributed by atoms with Gasteiger partial charge in [-0.15, -0.1) is 0 Å². The fourth-order valence-electron chi connectivity index (χ4n) is 1.44. The second-order valence-electron chi connectivity index (χ2n) is 3.95. The first kappa shape index (κ1) is 13.9. The minimum absolute atomic E-state index is 0.216. The largest absolute Gasteiger partial charge is 0.394 e. The van der Waals surface area contributed by atoms with Gasteiger partial charge in [0.25, 0.3) is 0 Å². The van der Waals surface area contributed by atoms with Crippen LogP contribution in [0.3, 0.4) is 0 Å². The van der Waals surface area contributed by atoms with Crippen molar-refractivity contribution in [2.45, 2.75) is 45.6 Å². The highest BCUT2D eigenvalue weighted by atomic mass is 16.5. The summed E-state index contributed by atoms with van der Waals surface area (Å²) in [6, 6.07) is 0. The van der Waals surface area contributed by atoms with Crippen LogP contribution in [0.4, 0.5) is 0 Å². The third-order valence-corrected chi connectivity index (χ3v) is 2.29. The van der Waals surface area contributed by atoms with E-state index >= 15 is 0 Å².